The quantitative estimate of drug-likeness (QED) is 0.127. The first-order valence-electron chi connectivity index (χ1n) is 10.4. The Balaban J connectivity index is 0.000000434. The minimum absolute atomic E-state index is 0.669. The summed E-state index contributed by atoms with van der Waals surface area (Å²) >= 11 is 0. The summed E-state index contributed by atoms with van der Waals surface area (Å²) in [5, 5.41) is 120. The molecule has 17 nitrogen and oxygen atoms in total. The van der Waals surface area contributed by atoms with Gasteiger partial charge in [0.2, 0.25) is 5.79 Å². The van der Waals surface area contributed by atoms with Crippen molar-refractivity contribution in [2.24, 2.45) is 0 Å². The van der Waals surface area contributed by atoms with Gasteiger partial charge in [0.25, 0.3) is 0 Å². The van der Waals surface area contributed by atoms with Crippen LogP contribution in [0.1, 0.15) is 0 Å². The molecule has 2 rings (SSSR count). The van der Waals surface area contributed by atoms with E-state index >= 15 is 0 Å². The molecule has 13 N–H and O–H groups in total. The van der Waals surface area contributed by atoms with E-state index < -0.39 is 112 Å². The molecule has 2 saturated heterocycles. The molecule has 0 spiro atoms. The highest BCUT2D eigenvalue weighted by molar-refractivity contribution is 5.84. The van der Waals surface area contributed by atoms with Crippen molar-refractivity contribution in [3.8, 4) is 0 Å². The second-order valence-corrected chi connectivity index (χ2v) is 7.87. The fourth-order valence-electron chi connectivity index (χ4n) is 3.23. The van der Waals surface area contributed by atoms with Gasteiger partial charge in [-0.05, 0) is 0 Å². The minimum Gasteiger partial charge on any atom is -0.394 e. The van der Waals surface area contributed by atoms with Gasteiger partial charge in [0, 0.05) is 0 Å². The molecule has 0 radical (unpaired) electrons. The molecule has 0 bridgehead atoms. The zero-order valence-corrected chi connectivity index (χ0v) is 18.3. The van der Waals surface area contributed by atoms with E-state index in [1.54, 1.807) is 0 Å². The molecule has 2 fully saturated rings. The zero-order valence-electron chi connectivity index (χ0n) is 18.3. The van der Waals surface area contributed by atoms with Crippen molar-refractivity contribution < 1.29 is 85.4 Å². The summed E-state index contributed by atoms with van der Waals surface area (Å²) in [6.07, 6.45) is -17.9. The van der Waals surface area contributed by atoms with Crippen LogP contribution in [0.5, 0.6) is 0 Å². The molecule has 2 aliphatic rings. The third-order valence-corrected chi connectivity index (χ3v) is 5.46. The highest BCUT2D eigenvalue weighted by Gasteiger charge is 2.58. The standard InChI is InChI=1S/C12H22O11.C6H12O6/c13-1-4-6(16)8(18)9(19)11(21-4)23-12(3-15)10(20)7(17)5(2-14)22-12;7-1-3(9)5(11)6(12)4(10)2-8/h4-11,13-20H,1-3H2;3,5-9,11-12H,1-2H2/t4-,5-,6-,7-,8+,9-,10+,11-,12+;3-,5+,6-/m11/s1. The summed E-state index contributed by atoms with van der Waals surface area (Å²) in [5.41, 5.74) is 0. The third-order valence-electron chi connectivity index (χ3n) is 5.46. The number of rotatable bonds is 10. The van der Waals surface area contributed by atoms with Gasteiger partial charge < -0.3 is 80.6 Å². The van der Waals surface area contributed by atoms with Crippen molar-refractivity contribution >= 4 is 5.78 Å². The predicted molar refractivity (Wildman–Crippen MR) is 106 cm³/mol. The molecular formula is C18H34O17. The largest absolute Gasteiger partial charge is 0.394 e. The molecule has 0 aromatic rings. The normalized spacial score (nSPS) is 39.9. The van der Waals surface area contributed by atoms with Crippen LogP contribution in [0.4, 0.5) is 0 Å². The lowest BCUT2D eigenvalue weighted by Gasteiger charge is -2.43. The fourth-order valence-corrected chi connectivity index (χ4v) is 3.23. The molecule has 0 amide bonds. The molecule has 0 saturated carbocycles. The number of carbonyl (C=O) groups excluding carboxylic acids is 1. The number of hydrogen-bond acceptors (Lipinski definition) is 17. The molecular weight excluding hydrogens is 488 g/mol. The van der Waals surface area contributed by atoms with Crippen molar-refractivity contribution in [1.82, 2.24) is 0 Å². The van der Waals surface area contributed by atoms with Crippen LogP contribution in [0.3, 0.4) is 0 Å². The van der Waals surface area contributed by atoms with Crippen molar-refractivity contribution in [3.63, 3.8) is 0 Å². The van der Waals surface area contributed by atoms with E-state index in [0.29, 0.717) is 0 Å². The molecule has 0 aromatic heterocycles. The van der Waals surface area contributed by atoms with E-state index in [-0.39, 0.29) is 0 Å². The molecule has 12 atom stereocenters. The van der Waals surface area contributed by atoms with Gasteiger partial charge in [0.05, 0.1) is 19.8 Å². The summed E-state index contributed by atoms with van der Waals surface area (Å²) in [5.74, 6) is -3.23. The Labute approximate surface area is 198 Å². The van der Waals surface area contributed by atoms with Gasteiger partial charge in [-0.3, -0.25) is 4.79 Å². The van der Waals surface area contributed by atoms with Gasteiger partial charge in [-0.15, -0.1) is 0 Å². The molecule has 0 unspecified atom stereocenters. The van der Waals surface area contributed by atoms with Crippen LogP contribution in [0.15, 0.2) is 0 Å². The second kappa shape index (κ2) is 14.1. The summed E-state index contributed by atoms with van der Waals surface area (Å²) in [7, 11) is 0. The van der Waals surface area contributed by atoms with E-state index in [9.17, 15) is 35.4 Å². The lowest BCUT2D eigenvalue weighted by atomic mass is 9.99. The highest BCUT2D eigenvalue weighted by Crippen LogP contribution is 2.35. The van der Waals surface area contributed by atoms with Crippen molar-refractivity contribution in [3.05, 3.63) is 0 Å². The maximum absolute atomic E-state index is 10.5. The lowest BCUT2D eigenvalue weighted by Crippen LogP contribution is -2.62. The van der Waals surface area contributed by atoms with Crippen molar-refractivity contribution in [1.29, 1.82) is 0 Å². The van der Waals surface area contributed by atoms with Crippen LogP contribution in [0.2, 0.25) is 0 Å². The van der Waals surface area contributed by atoms with Crippen molar-refractivity contribution in [2.45, 2.75) is 73.1 Å². The Bertz CT molecular complexity index is 636. The third kappa shape index (κ3) is 7.29. The van der Waals surface area contributed by atoms with Crippen LogP contribution >= 0.6 is 0 Å². The van der Waals surface area contributed by atoms with E-state index in [1.807, 2.05) is 0 Å². The SMILES string of the molecule is O=C(CO)[C@@H](O)[C@@H](O)[C@H](O)CO.OC[C@H]1O[C@@](CO)(O[C@H]2O[C@H](CO)[C@@H](O)[C@H](O)[C@H]2O)[C@@H](O)[C@@H]1O. The van der Waals surface area contributed by atoms with E-state index in [0.717, 1.165) is 0 Å². The summed E-state index contributed by atoms with van der Waals surface area (Å²) in [6.45, 7) is -4.01. The molecule has 208 valence electrons. The Morgan fingerprint density at radius 1 is 0.829 bits per heavy atom. The van der Waals surface area contributed by atoms with Crippen LogP contribution < -0.4 is 0 Å². The number of aliphatic hydroxyl groups excluding tert-OH is 13. The Kier molecular flexibility index (Phi) is 12.9. The summed E-state index contributed by atoms with van der Waals surface area (Å²) in [4.78, 5) is 10.5. The second-order valence-electron chi connectivity index (χ2n) is 7.87. The number of aliphatic hydroxyl groups is 13. The Morgan fingerprint density at radius 2 is 1.40 bits per heavy atom. The number of ether oxygens (including phenoxy) is 3. The minimum atomic E-state index is -2.22. The van der Waals surface area contributed by atoms with Crippen LogP contribution in [-0.2, 0) is 19.0 Å². The van der Waals surface area contributed by atoms with Crippen molar-refractivity contribution in [2.75, 3.05) is 33.0 Å². The highest BCUT2D eigenvalue weighted by atomic mass is 16.8. The Hall–Kier alpha value is -0.970. The number of Topliss-reactive ketones (excluding diaryl/α,β-unsaturated/α-hetero) is 1. The first-order valence-corrected chi connectivity index (χ1v) is 10.4. The van der Waals surface area contributed by atoms with E-state index in [1.165, 1.54) is 0 Å². The molecule has 35 heavy (non-hydrogen) atoms. The predicted octanol–water partition coefficient (Wildman–Crippen LogP) is -8.77. The van der Waals surface area contributed by atoms with Gasteiger partial charge in [-0.2, -0.15) is 0 Å². The van der Waals surface area contributed by atoms with Gasteiger partial charge in [-0.25, -0.2) is 0 Å². The average molecular weight is 522 g/mol. The summed E-state index contributed by atoms with van der Waals surface area (Å²) < 4.78 is 15.4. The first-order chi connectivity index (χ1) is 16.3. The smallest absolute Gasteiger partial charge is 0.224 e. The van der Waals surface area contributed by atoms with Gasteiger partial charge >= 0.3 is 0 Å². The Morgan fingerprint density at radius 3 is 1.83 bits per heavy atom. The van der Waals surface area contributed by atoms with E-state index in [4.69, 9.17) is 50.0 Å². The van der Waals surface area contributed by atoms with Gasteiger partial charge in [0.1, 0.15) is 74.3 Å². The zero-order chi connectivity index (χ0) is 27.1. The van der Waals surface area contributed by atoms with Crippen LogP contribution in [0.25, 0.3) is 0 Å². The molecule has 2 aliphatic heterocycles. The number of carbonyl (C=O) groups is 1. The van der Waals surface area contributed by atoms with Gasteiger partial charge in [-0.1, -0.05) is 0 Å². The monoisotopic (exact) mass is 522 g/mol. The summed E-state index contributed by atoms with van der Waals surface area (Å²) in [6, 6.07) is 0. The number of hydrogen-bond donors (Lipinski definition) is 13. The van der Waals surface area contributed by atoms with E-state index in [2.05, 4.69) is 0 Å². The van der Waals surface area contributed by atoms with Gasteiger partial charge in [0.15, 0.2) is 12.1 Å². The lowest BCUT2D eigenvalue weighted by molar-refractivity contribution is -0.383. The maximum Gasteiger partial charge on any atom is 0.224 e. The first kappa shape index (κ1) is 32.1. The van der Waals surface area contributed by atoms with Crippen LogP contribution in [-0.4, -0.2) is 178 Å². The maximum atomic E-state index is 10.5. The molecule has 17 heteroatoms. The molecule has 2 heterocycles. The molecule has 0 aliphatic carbocycles. The van der Waals surface area contributed by atoms with Crippen LogP contribution in [0, 0.1) is 0 Å². The number of ketones is 1. The average Bonchev–Trinajstić information content (AvgIpc) is 3.12. The topological polar surface area (TPSA) is 308 Å². The molecule has 0 aromatic carbocycles. The fraction of sp³-hybridized carbons (Fsp3) is 0.944.